The van der Waals surface area contributed by atoms with Gasteiger partial charge in [-0.25, -0.2) is 4.98 Å². The van der Waals surface area contributed by atoms with E-state index in [0.717, 1.165) is 11.9 Å². The Morgan fingerprint density at radius 2 is 1.81 bits per heavy atom. The summed E-state index contributed by atoms with van der Waals surface area (Å²) in [5, 5.41) is 0. The summed E-state index contributed by atoms with van der Waals surface area (Å²) in [4.78, 5) is 4.28. The maximum absolute atomic E-state index is 6.02. The van der Waals surface area contributed by atoms with Crippen molar-refractivity contribution >= 4 is 12.6 Å². The lowest BCUT2D eigenvalue weighted by atomic mass is 9.80. The maximum Gasteiger partial charge on any atom is 0.496 e. The van der Waals surface area contributed by atoms with Crippen LogP contribution in [0.1, 0.15) is 41.0 Å². The van der Waals surface area contributed by atoms with Gasteiger partial charge in [0.2, 0.25) is 0 Å². The molecule has 2 rings (SSSR count). The van der Waals surface area contributed by atoms with Crippen LogP contribution in [0.2, 0.25) is 0 Å². The van der Waals surface area contributed by atoms with Crippen molar-refractivity contribution in [3.8, 4) is 11.6 Å². The van der Waals surface area contributed by atoms with E-state index >= 15 is 0 Å². The van der Waals surface area contributed by atoms with Gasteiger partial charge >= 0.3 is 7.12 Å². The van der Waals surface area contributed by atoms with Crippen molar-refractivity contribution in [2.24, 2.45) is 0 Å². The van der Waals surface area contributed by atoms with Crippen LogP contribution in [0, 0.1) is 0 Å². The SMILES string of the molecule is CCCOc1cc(B2OC(C)(C)C(C)(C)O2)cnc1OC. The van der Waals surface area contributed by atoms with Gasteiger partial charge in [0.15, 0.2) is 5.75 Å². The van der Waals surface area contributed by atoms with Gasteiger partial charge in [-0.1, -0.05) is 6.92 Å². The molecule has 1 aromatic rings. The lowest BCUT2D eigenvalue weighted by Crippen LogP contribution is -2.41. The molecule has 0 amide bonds. The van der Waals surface area contributed by atoms with E-state index in [1.807, 2.05) is 33.8 Å². The van der Waals surface area contributed by atoms with E-state index in [-0.39, 0.29) is 11.2 Å². The summed E-state index contributed by atoms with van der Waals surface area (Å²) in [5.74, 6) is 1.09. The van der Waals surface area contributed by atoms with Crippen LogP contribution in [-0.4, -0.2) is 37.0 Å². The first-order chi connectivity index (χ1) is 9.80. The summed E-state index contributed by atoms with van der Waals surface area (Å²) in [6, 6.07) is 1.88. The molecule has 1 saturated heterocycles. The Kier molecular flexibility index (Phi) is 4.49. The topological polar surface area (TPSA) is 49.8 Å². The summed E-state index contributed by atoms with van der Waals surface area (Å²) in [5.41, 5.74) is 0.0879. The molecule has 0 unspecified atom stereocenters. The largest absolute Gasteiger partial charge is 0.496 e. The molecule has 21 heavy (non-hydrogen) atoms. The Labute approximate surface area is 127 Å². The van der Waals surface area contributed by atoms with Gasteiger partial charge < -0.3 is 18.8 Å². The summed E-state index contributed by atoms with van der Waals surface area (Å²) in [6.45, 7) is 10.8. The van der Waals surface area contributed by atoms with Crippen LogP contribution < -0.4 is 14.9 Å². The van der Waals surface area contributed by atoms with Crippen LogP contribution in [-0.2, 0) is 9.31 Å². The van der Waals surface area contributed by atoms with Crippen LogP contribution >= 0.6 is 0 Å². The molecule has 0 aliphatic carbocycles. The summed E-state index contributed by atoms with van der Waals surface area (Å²) < 4.78 is 23.0. The minimum absolute atomic E-state index is 0.373. The van der Waals surface area contributed by atoms with Crippen molar-refractivity contribution in [2.75, 3.05) is 13.7 Å². The van der Waals surface area contributed by atoms with E-state index in [1.165, 1.54) is 0 Å². The smallest absolute Gasteiger partial charge is 0.488 e. The second kappa shape index (κ2) is 5.85. The Hall–Kier alpha value is -1.27. The first-order valence-corrected chi connectivity index (χ1v) is 7.33. The van der Waals surface area contributed by atoms with Crippen molar-refractivity contribution in [3.63, 3.8) is 0 Å². The van der Waals surface area contributed by atoms with Gasteiger partial charge in [-0.2, -0.15) is 0 Å². The molecule has 0 bridgehead atoms. The molecule has 0 atom stereocenters. The molecule has 1 aromatic heterocycles. The van der Waals surface area contributed by atoms with Crippen LogP contribution in [0.4, 0.5) is 0 Å². The summed E-state index contributed by atoms with van der Waals surface area (Å²) >= 11 is 0. The zero-order valence-corrected chi connectivity index (χ0v) is 13.7. The van der Waals surface area contributed by atoms with E-state index in [1.54, 1.807) is 13.3 Å². The number of nitrogens with zero attached hydrogens (tertiary/aromatic N) is 1. The van der Waals surface area contributed by atoms with Crippen molar-refractivity contribution in [1.82, 2.24) is 4.98 Å². The number of rotatable bonds is 5. The molecule has 6 heteroatoms. The molecule has 0 radical (unpaired) electrons. The minimum atomic E-state index is -0.447. The molecule has 0 aromatic carbocycles. The number of hydrogen-bond donors (Lipinski definition) is 0. The minimum Gasteiger partial charge on any atom is -0.488 e. The second-order valence-corrected chi connectivity index (χ2v) is 6.21. The van der Waals surface area contributed by atoms with Gasteiger partial charge in [-0.15, -0.1) is 0 Å². The third kappa shape index (κ3) is 3.16. The van der Waals surface area contributed by atoms with Gasteiger partial charge in [-0.3, -0.25) is 0 Å². The lowest BCUT2D eigenvalue weighted by Gasteiger charge is -2.32. The van der Waals surface area contributed by atoms with Crippen molar-refractivity contribution in [1.29, 1.82) is 0 Å². The molecule has 116 valence electrons. The third-order valence-electron chi connectivity index (χ3n) is 4.02. The number of hydrogen-bond acceptors (Lipinski definition) is 5. The van der Waals surface area contributed by atoms with E-state index < -0.39 is 7.12 Å². The van der Waals surface area contributed by atoms with Crippen molar-refractivity contribution in [3.05, 3.63) is 12.3 Å². The third-order valence-corrected chi connectivity index (χ3v) is 4.02. The van der Waals surface area contributed by atoms with Crippen molar-refractivity contribution < 1.29 is 18.8 Å². The van der Waals surface area contributed by atoms with E-state index in [2.05, 4.69) is 11.9 Å². The van der Waals surface area contributed by atoms with Gasteiger partial charge in [0.05, 0.1) is 24.9 Å². The standard InChI is InChI=1S/C15H24BNO4/c1-7-8-19-12-9-11(10-17-13(12)18-6)16-20-14(2,3)15(4,5)21-16/h9-10H,7-8H2,1-6H3. The predicted molar refractivity (Wildman–Crippen MR) is 82.3 cm³/mol. The zero-order chi connectivity index (χ0) is 15.7. The number of methoxy groups -OCH3 is 1. The fraction of sp³-hybridized carbons (Fsp3) is 0.667. The number of aromatic nitrogens is 1. The Morgan fingerprint density at radius 1 is 1.19 bits per heavy atom. The lowest BCUT2D eigenvalue weighted by molar-refractivity contribution is 0.00578. The first-order valence-electron chi connectivity index (χ1n) is 7.33. The van der Waals surface area contributed by atoms with Crippen LogP contribution in [0.3, 0.4) is 0 Å². The van der Waals surface area contributed by atoms with Gasteiger partial charge in [0, 0.05) is 11.7 Å². The normalized spacial score (nSPS) is 19.6. The van der Waals surface area contributed by atoms with E-state index in [4.69, 9.17) is 18.8 Å². The Morgan fingerprint density at radius 3 is 2.33 bits per heavy atom. The maximum atomic E-state index is 6.02. The van der Waals surface area contributed by atoms with E-state index in [9.17, 15) is 0 Å². The highest BCUT2D eigenvalue weighted by Crippen LogP contribution is 2.36. The molecular formula is C15H24BNO4. The quantitative estimate of drug-likeness (QED) is 0.779. The van der Waals surface area contributed by atoms with Crippen LogP contribution in [0.15, 0.2) is 12.3 Å². The number of ether oxygens (including phenoxy) is 2. The average Bonchev–Trinajstić information content (AvgIpc) is 2.65. The highest BCUT2D eigenvalue weighted by atomic mass is 16.7. The molecule has 0 saturated carbocycles. The van der Waals surface area contributed by atoms with Crippen LogP contribution in [0.25, 0.3) is 0 Å². The summed E-state index contributed by atoms with van der Waals surface area (Å²) in [7, 11) is 1.13. The van der Waals surface area contributed by atoms with E-state index in [0.29, 0.717) is 18.2 Å². The average molecular weight is 293 g/mol. The van der Waals surface area contributed by atoms with Crippen LogP contribution in [0.5, 0.6) is 11.6 Å². The summed E-state index contributed by atoms with van der Waals surface area (Å²) in [6.07, 6.45) is 2.63. The molecule has 1 fully saturated rings. The highest BCUT2D eigenvalue weighted by Gasteiger charge is 2.52. The molecule has 0 spiro atoms. The van der Waals surface area contributed by atoms with Gasteiger partial charge in [0.25, 0.3) is 5.88 Å². The number of pyridine rings is 1. The monoisotopic (exact) mass is 293 g/mol. The zero-order valence-electron chi connectivity index (χ0n) is 13.7. The Bertz CT molecular complexity index is 488. The second-order valence-electron chi connectivity index (χ2n) is 6.21. The molecule has 2 heterocycles. The molecule has 1 aliphatic heterocycles. The van der Waals surface area contributed by atoms with Gasteiger partial charge in [-0.05, 0) is 40.2 Å². The molecule has 1 aliphatic rings. The van der Waals surface area contributed by atoms with Gasteiger partial charge in [0.1, 0.15) is 0 Å². The molecule has 5 nitrogen and oxygen atoms in total. The molecular weight excluding hydrogens is 269 g/mol. The predicted octanol–water partition coefficient (Wildman–Crippen LogP) is 2.18. The highest BCUT2D eigenvalue weighted by molar-refractivity contribution is 6.62. The fourth-order valence-corrected chi connectivity index (χ4v) is 2.02. The first kappa shape index (κ1) is 16.1. The van der Waals surface area contributed by atoms with Crippen molar-refractivity contribution in [2.45, 2.75) is 52.2 Å². The Balaban J connectivity index is 2.25. The molecule has 0 N–H and O–H groups in total. The fourth-order valence-electron chi connectivity index (χ4n) is 2.02.